The van der Waals surface area contributed by atoms with E-state index in [9.17, 15) is 9.32 Å². The lowest BCUT2D eigenvalue weighted by Crippen LogP contribution is -2.37. The Hall–Kier alpha value is -2.31. The van der Waals surface area contributed by atoms with Crippen molar-refractivity contribution in [3.8, 4) is 11.4 Å². The van der Waals surface area contributed by atoms with Gasteiger partial charge >= 0.3 is 0 Å². The lowest BCUT2D eigenvalue weighted by atomic mass is 9.95. The standard InChI is InChI=1S/C25H32N6O3S2/c1-35-23-22(8-16-36(33)31-9-5-18(6-10-31)7-13-32)27-24(28-25(23)30-11-14-34-15-12-30)19-3-2-4-21-20(19)17-26-29-21/h2-4,8,16-18,32H,5-7,9-15H2,1H3,(H,26,29)/b16-8+. The quantitative estimate of drug-likeness (QED) is 0.429. The van der Waals surface area contributed by atoms with E-state index in [1.165, 1.54) is 0 Å². The molecule has 2 saturated heterocycles. The Kier molecular flexibility index (Phi) is 8.32. The predicted octanol–water partition coefficient (Wildman–Crippen LogP) is 3.31. The van der Waals surface area contributed by atoms with Gasteiger partial charge in [0, 0.05) is 49.1 Å². The lowest BCUT2D eigenvalue weighted by Gasteiger charge is -2.30. The van der Waals surface area contributed by atoms with Gasteiger partial charge in [-0.05, 0) is 43.6 Å². The van der Waals surface area contributed by atoms with Crippen molar-refractivity contribution in [3.05, 3.63) is 35.5 Å². The Morgan fingerprint density at radius 1 is 1.22 bits per heavy atom. The molecule has 0 saturated carbocycles. The van der Waals surface area contributed by atoms with Gasteiger partial charge in [-0.1, -0.05) is 12.1 Å². The van der Waals surface area contributed by atoms with E-state index in [0.29, 0.717) is 25.0 Å². The molecule has 1 aromatic carbocycles. The molecule has 36 heavy (non-hydrogen) atoms. The van der Waals surface area contributed by atoms with Crippen LogP contribution in [0.4, 0.5) is 5.82 Å². The second kappa shape index (κ2) is 11.8. The third-order valence-corrected chi connectivity index (χ3v) is 8.86. The molecule has 11 heteroatoms. The third-order valence-electron chi connectivity index (χ3n) is 6.82. The average Bonchev–Trinajstić information content (AvgIpc) is 3.41. The summed E-state index contributed by atoms with van der Waals surface area (Å²) in [6.07, 6.45) is 8.46. The molecule has 2 aromatic heterocycles. The summed E-state index contributed by atoms with van der Waals surface area (Å²) in [5.41, 5.74) is 2.60. The average molecular weight is 529 g/mol. The van der Waals surface area contributed by atoms with E-state index in [-0.39, 0.29) is 6.61 Å². The molecule has 1 unspecified atom stereocenters. The van der Waals surface area contributed by atoms with Crippen molar-refractivity contribution in [2.24, 2.45) is 5.92 Å². The van der Waals surface area contributed by atoms with Crippen LogP contribution in [0, 0.1) is 5.92 Å². The van der Waals surface area contributed by atoms with Crippen molar-refractivity contribution in [1.82, 2.24) is 24.5 Å². The number of thioether (sulfide) groups is 1. The number of nitrogens with one attached hydrogen (secondary N) is 1. The van der Waals surface area contributed by atoms with Crippen LogP contribution in [0.25, 0.3) is 28.4 Å². The number of ether oxygens (including phenoxy) is 1. The van der Waals surface area contributed by atoms with Gasteiger partial charge in [0.2, 0.25) is 0 Å². The zero-order valence-corrected chi connectivity index (χ0v) is 22.1. The normalized spacial score (nSPS) is 18.9. The van der Waals surface area contributed by atoms with Crippen LogP contribution in [0.2, 0.25) is 0 Å². The number of nitrogens with zero attached hydrogens (tertiary/aromatic N) is 5. The van der Waals surface area contributed by atoms with Gasteiger partial charge in [-0.3, -0.25) is 5.10 Å². The van der Waals surface area contributed by atoms with E-state index in [4.69, 9.17) is 14.7 Å². The molecule has 5 rings (SSSR count). The van der Waals surface area contributed by atoms with E-state index in [1.54, 1.807) is 23.4 Å². The fourth-order valence-electron chi connectivity index (χ4n) is 4.81. The molecule has 192 valence electrons. The van der Waals surface area contributed by atoms with Gasteiger partial charge in [-0.2, -0.15) is 5.10 Å². The number of anilines is 1. The highest BCUT2D eigenvalue weighted by atomic mass is 32.2. The Balaban J connectivity index is 1.49. The number of benzene rings is 1. The van der Waals surface area contributed by atoms with Gasteiger partial charge < -0.3 is 14.7 Å². The summed E-state index contributed by atoms with van der Waals surface area (Å²) in [4.78, 5) is 13.2. The number of aromatic nitrogens is 4. The van der Waals surface area contributed by atoms with Gasteiger partial charge in [0.25, 0.3) is 0 Å². The first kappa shape index (κ1) is 25.3. The van der Waals surface area contributed by atoms with Crippen LogP contribution < -0.4 is 4.90 Å². The maximum atomic E-state index is 13.1. The smallest absolute Gasteiger partial charge is 0.162 e. The van der Waals surface area contributed by atoms with Crippen LogP contribution in [0.5, 0.6) is 0 Å². The molecule has 2 fully saturated rings. The Bertz CT molecular complexity index is 1240. The topological polar surface area (TPSA) is 107 Å². The highest BCUT2D eigenvalue weighted by Gasteiger charge is 2.24. The molecule has 0 amide bonds. The Labute approximate surface area is 217 Å². The molecule has 2 aliphatic heterocycles. The molecule has 9 nitrogen and oxygen atoms in total. The molecule has 0 radical (unpaired) electrons. The van der Waals surface area contributed by atoms with Gasteiger partial charge in [0.05, 0.1) is 35.5 Å². The first-order valence-corrected chi connectivity index (χ1v) is 14.7. The van der Waals surface area contributed by atoms with E-state index in [2.05, 4.69) is 15.1 Å². The van der Waals surface area contributed by atoms with Crippen molar-refractivity contribution in [1.29, 1.82) is 0 Å². The summed E-state index contributed by atoms with van der Waals surface area (Å²) >= 11 is 1.60. The number of hydrogen-bond donors (Lipinski definition) is 2. The predicted molar refractivity (Wildman–Crippen MR) is 145 cm³/mol. The van der Waals surface area contributed by atoms with Crippen molar-refractivity contribution >= 4 is 45.5 Å². The second-order valence-corrected chi connectivity index (χ2v) is 11.1. The van der Waals surface area contributed by atoms with Crippen molar-refractivity contribution in [2.45, 2.75) is 24.2 Å². The van der Waals surface area contributed by atoms with Gasteiger partial charge in [-0.15, -0.1) is 11.8 Å². The van der Waals surface area contributed by atoms with Crippen LogP contribution in [0.1, 0.15) is 25.0 Å². The maximum absolute atomic E-state index is 13.1. The minimum absolute atomic E-state index is 0.221. The number of aromatic amines is 1. The van der Waals surface area contributed by atoms with Gasteiger partial charge in [0.1, 0.15) is 16.8 Å². The van der Waals surface area contributed by atoms with Gasteiger partial charge in [-0.25, -0.2) is 18.5 Å². The zero-order chi connectivity index (χ0) is 24.9. The molecular formula is C25H32N6O3S2. The van der Waals surface area contributed by atoms with Crippen LogP contribution in [0.3, 0.4) is 0 Å². The van der Waals surface area contributed by atoms with Gasteiger partial charge in [0.15, 0.2) is 5.82 Å². The SMILES string of the molecule is CSc1c(/C=C/S(=O)N2CCC(CCO)CC2)nc(-c2cccc3[nH]ncc23)nc1N1CCOCC1. The number of aliphatic hydroxyl groups excluding tert-OH is 1. The molecule has 3 aromatic rings. The van der Waals surface area contributed by atoms with Crippen LogP contribution in [-0.4, -0.2) is 86.0 Å². The van der Waals surface area contributed by atoms with Crippen molar-refractivity contribution in [3.63, 3.8) is 0 Å². The number of morpholine rings is 1. The third kappa shape index (κ3) is 5.50. The number of hydrogen-bond acceptors (Lipinski definition) is 8. The number of fused-ring (bicyclic) bond motifs is 1. The Morgan fingerprint density at radius 3 is 2.78 bits per heavy atom. The fraction of sp³-hybridized carbons (Fsp3) is 0.480. The fourth-order valence-corrected chi connectivity index (χ4v) is 6.47. The summed E-state index contributed by atoms with van der Waals surface area (Å²) < 4.78 is 20.7. The highest BCUT2D eigenvalue weighted by molar-refractivity contribution is 7.98. The molecule has 2 N–H and O–H groups in total. The number of rotatable bonds is 8. The van der Waals surface area contributed by atoms with E-state index in [1.807, 2.05) is 34.8 Å². The first-order chi connectivity index (χ1) is 17.7. The number of H-pyrrole nitrogens is 1. The molecular weight excluding hydrogens is 496 g/mol. The summed E-state index contributed by atoms with van der Waals surface area (Å²) in [7, 11) is -1.24. The first-order valence-electron chi connectivity index (χ1n) is 12.3. The summed E-state index contributed by atoms with van der Waals surface area (Å²) in [6.45, 7) is 4.60. The minimum Gasteiger partial charge on any atom is -0.396 e. The molecule has 0 bridgehead atoms. The summed E-state index contributed by atoms with van der Waals surface area (Å²) in [5.74, 6) is 2.02. The molecule has 4 heterocycles. The van der Waals surface area contributed by atoms with E-state index in [0.717, 1.165) is 78.3 Å². The Morgan fingerprint density at radius 2 is 2.03 bits per heavy atom. The summed E-state index contributed by atoms with van der Waals surface area (Å²) in [5, 5.41) is 19.1. The maximum Gasteiger partial charge on any atom is 0.162 e. The molecule has 0 spiro atoms. The van der Waals surface area contributed by atoms with Crippen LogP contribution in [-0.2, 0) is 15.7 Å². The number of piperidine rings is 1. The lowest BCUT2D eigenvalue weighted by molar-refractivity contribution is 0.122. The van der Waals surface area contributed by atoms with Crippen LogP contribution in [0.15, 0.2) is 34.7 Å². The van der Waals surface area contributed by atoms with Crippen LogP contribution >= 0.6 is 11.8 Å². The van der Waals surface area contributed by atoms with Crippen molar-refractivity contribution in [2.75, 3.05) is 57.2 Å². The molecule has 1 atom stereocenters. The highest BCUT2D eigenvalue weighted by Crippen LogP contribution is 2.35. The van der Waals surface area contributed by atoms with E-state index < -0.39 is 11.0 Å². The van der Waals surface area contributed by atoms with Crippen molar-refractivity contribution < 1.29 is 14.1 Å². The minimum atomic E-state index is -1.24. The number of aliphatic hydroxyl groups is 1. The monoisotopic (exact) mass is 528 g/mol. The van der Waals surface area contributed by atoms with E-state index >= 15 is 0 Å². The zero-order valence-electron chi connectivity index (χ0n) is 20.4. The molecule has 0 aliphatic carbocycles. The largest absolute Gasteiger partial charge is 0.396 e. The summed E-state index contributed by atoms with van der Waals surface area (Å²) in [6, 6.07) is 5.97. The molecule has 2 aliphatic rings. The second-order valence-electron chi connectivity index (χ2n) is 8.99.